The topological polar surface area (TPSA) is 38.8 Å². The van der Waals surface area contributed by atoms with Crippen molar-refractivity contribution in [1.29, 1.82) is 0 Å². The van der Waals surface area contributed by atoms with Crippen LogP contribution >= 0.6 is 0 Å². The summed E-state index contributed by atoms with van der Waals surface area (Å²) in [4.78, 5) is 14.3. The molecule has 3 aliphatic heterocycles. The Bertz CT molecular complexity index is 560. The normalized spacial score (nSPS) is 36.1. The van der Waals surface area contributed by atoms with Crippen LogP contribution in [-0.4, -0.2) is 49.3 Å². The molecule has 4 rings (SSSR count). The summed E-state index contributed by atoms with van der Waals surface area (Å²) >= 11 is 0. The third kappa shape index (κ3) is 1.52. The molecule has 0 radical (unpaired) electrons. The molecule has 4 nitrogen and oxygen atoms in total. The fourth-order valence-corrected chi connectivity index (χ4v) is 4.18. The highest BCUT2D eigenvalue weighted by molar-refractivity contribution is 5.76. The molecule has 0 aromatic heterocycles. The number of rotatable bonds is 1. The first kappa shape index (κ1) is 12.4. The summed E-state index contributed by atoms with van der Waals surface area (Å²) in [5.74, 6) is -0.0882. The van der Waals surface area contributed by atoms with Gasteiger partial charge in [0.05, 0.1) is 18.1 Å². The number of esters is 1. The Morgan fingerprint density at radius 3 is 3.25 bits per heavy atom. The highest BCUT2D eigenvalue weighted by Crippen LogP contribution is 2.50. The number of cyclic esters (lactones) is 1. The number of nitrogens with zero attached hydrogens (tertiary/aromatic N) is 1. The van der Waals surface area contributed by atoms with Crippen LogP contribution in [0.3, 0.4) is 0 Å². The Labute approximate surface area is 118 Å². The Hall–Kier alpha value is -1.39. The highest BCUT2D eigenvalue weighted by atomic mass is 16.5. The van der Waals surface area contributed by atoms with Gasteiger partial charge in [0.1, 0.15) is 6.61 Å². The van der Waals surface area contributed by atoms with Gasteiger partial charge in [0.2, 0.25) is 0 Å². The van der Waals surface area contributed by atoms with E-state index in [1.165, 1.54) is 16.7 Å². The van der Waals surface area contributed by atoms with Crippen molar-refractivity contribution in [3.8, 4) is 0 Å². The van der Waals surface area contributed by atoms with Crippen molar-refractivity contribution in [3.63, 3.8) is 0 Å². The van der Waals surface area contributed by atoms with E-state index in [-0.39, 0.29) is 17.6 Å². The van der Waals surface area contributed by atoms with E-state index in [2.05, 4.69) is 23.1 Å². The average molecular weight is 273 g/mol. The fraction of sp³-hybridized carbons (Fsp3) is 0.562. The quantitative estimate of drug-likeness (QED) is 0.537. The monoisotopic (exact) mass is 273 g/mol. The van der Waals surface area contributed by atoms with E-state index in [1.807, 2.05) is 0 Å². The second-order valence-corrected chi connectivity index (χ2v) is 5.97. The maximum atomic E-state index is 11.8. The second kappa shape index (κ2) is 4.30. The van der Waals surface area contributed by atoms with Gasteiger partial charge in [-0.25, -0.2) is 0 Å². The summed E-state index contributed by atoms with van der Waals surface area (Å²) < 4.78 is 10.8. The van der Waals surface area contributed by atoms with E-state index >= 15 is 0 Å². The maximum absolute atomic E-state index is 11.8. The molecule has 0 aromatic carbocycles. The SMILES string of the molecule is CO[C@H]1C=CC2=CCN3CCC4=C(CC(=O)OC4)[C@@]23C1. The number of hydrogen-bond acceptors (Lipinski definition) is 4. The molecular weight excluding hydrogens is 254 g/mol. The van der Waals surface area contributed by atoms with Crippen molar-refractivity contribution in [2.75, 3.05) is 26.8 Å². The molecule has 4 aliphatic rings. The third-order valence-corrected chi connectivity index (χ3v) is 5.18. The summed E-state index contributed by atoms with van der Waals surface area (Å²) in [5.41, 5.74) is 3.85. The molecule has 0 unspecified atom stereocenters. The van der Waals surface area contributed by atoms with E-state index < -0.39 is 0 Å². The number of methoxy groups -OCH3 is 1. The van der Waals surface area contributed by atoms with Gasteiger partial charge in [0.25, 0.3) is 0 Å². The average Bonchev–Trinajstić information content (AvgIpc) is 2.86. The lowest BCUT2D eigenvalue weighted by atomic mass is 9.69. The first-order chi connectivity index (χ1) is 9.74. The summed E-state index contributed by atoms with van der Waals surface area (Å²) in [6.45, 7) is 2.50. The minimum absolute atomic E-state index is 0.0882. The van der Waals surface area contributed by atoms with Gasteiger partial charge in [0, 0.05) is 26.6 Å². The van der Waals surface area contributed by atoms with E-state index in [9.17, 15) is 4.79 Å². The number of hydrogen-bond donors (Lipinski definition) is 0. The molecule has 4 heteroatoms. The predicted octanol–water partition coefficient (Wildman–Crippen LogP) is 1.59. The van der Waals surface area contributed by atoms with E-state index in [0.29, 0.717) is 13.0 Å². The van der Waals surface area contributed by atoms with Crippen LogP contribution in [0.4, 0.5) is 0 Å². The van der Waals surface area contributed by atoms with Crippen LogP contribution in [0.1, 0.15) is 19.3 Å². The van der Waals surface area contributed by atoms with E-state index in [0.717, 1.165) is 25.9 Å². The lowest BCUT2D eigenvalue weighted by molar-refractivity contribution is -0.143. The van der Waals surface area contributed by atoms with Gasteiger partial charge >= 0.3 is 5.97 Å². The molecule has 0 aromatic rings. The van der Waals surface area contributed by atoms with Crippen LogP contribution < -0.4 is 0 Å². The maximum Gasteiger partial charge on any atom is 0.310 e. The molecule has 0 fully saturated rings. The van der Waals surface area contributed by atoms with Gasteiger partial charge in [-0.2, -0.15) is 0 Å². The van der Waals surface area contributed by atoms with Crippen molar-refractivity contribution >= 4 is 5.97 Å². The van der Waals surface area contributed by atoms with Crippen molar-refractivity contribution < 1.29 is 14.3 Å². The molecular formula is C16H19NO3. The largest absolute Gasteiger partial charge is 0.461 e. The van der Waals surface area contributed by atoms with Crippen molar-refractivity contribution in [1.82, 2.24) is 4.90 Å². The predicted molar refractivity (Wildman–Crippen MR) is 74.2 cm³/mol. The second-order valence-electron chi connectivity index (χ2n) is 5.97. The van der Waals surface area contributed by atoms with Gasteiger partial charge < -0.3 is 9.47 Å². The van der Waals surface area contributed by atoms with Crippen molar-refractivity contribution in [3.05, 3.63) is 34.9 Å². The molecule has 0 saturated carbocycles. The summed E-state index contributed by atoms with van der Waals surface area (Å²) in [7, 11) is 1.76. The van der Waals surface area contributed by atoms with Crippen LogP contribution in [-0.2, 0) is 14.3 Å². The summed E-state index contributed by atoms with van der Waals surface area (Å²) in [5, 5.41) is 0. The summed E-state index contributed by atoms with van der Waals surface area (Å²) in [6.07, 6.45) is 9.12. The standard InChI is InChI=1S/C16H19NO3/c1-19-13-3-2-12-5-7-17-6-4-11-10-20-15(18)8-14(11)16(12,17)9-13/h2-3,5,13H,4,6-10H2,1H3/t13-,16+/m0/s1. The zero-order valence-corrected chi connectivity index (χ0v) is 11.7. The van der Waals surface area contributed by atoms with Crippen molar-refractivity contribution in [2.24, 2.45) is 0 Å². The van der Waals surface area contributed by atoms with Gasteiger partial charge in [0.15, 0.2) is 0 Å². The molecule has 0 amide bonds. The minimum atomic E-state index is -0.109. The Balaban J connectivity index is 1.85. The zero-order chi connectivity index (χ0) is 13.7. The number of ether oxygens (including phenoxy) is 2. The minimum Gasteiger partial charge on any atom is -0.461 e. The first-order valence-corrected chi connectivity index (χ1v) is 7.28. The summed E-state index contributed by atoms with van der Waals surface area (Å²) in [6, 6.07) is 0. The molecule has 2 atom stereocenters. The molecule has 3 heterocycles. The van der Waals surface area contributed by atoms with Gasteiger partial charge in [-0.05, 0) is 23.1 Å². The molecule has 106 valence electrons. The number of carbonyl (C=O) groups is 1. The number of carbonyl (C=O) groups excluding carboxylic acids is 1. The van der Waals surface area contributed by atoms with Gasteiger partial charge in [-0.1, -0.05) is 18.2 Å². The Kier molecular flexibility index (Phi) is 2.66. The van der Waals surface area contributed by atoms with Gasteiger partial charge in [-0.15, -0.1) is 0 Å². The Morgan fingerprint density at radius 1 is 1.50 bits per heavy atom. The zero-order valence-electron chi connectivity index (χ0n) is 11.7. The molecule has 1 spiro atoms. The molecule has 0 bridgehead atoms. The highest BCUT2D eigenvalue weighted by Gasteiger charge is 2.52. The van der Waals surface area contributed by atoms with Gasteiger partial charge in [-0.3, -0.25) is 9.69 Å². The third-order valence-electron chi connectivity index (χ3n) is 5.18. The van der Waals surface area contributed by atoms with E-state index in [1.54, 1.807) is 7.11 Å². The smallest absolute Gasteiger partial charge is 0.310 e. The molecule has 0 N–H and O–H groups in total. The molecule has 20 heavy (non-hydrogen) atoms. The van der Waals surface area contributed by atoms with Crippen LogP contribution in [0.15, 0.2) is 34.9 Å². The van der Waals surface area contributed by atoms with Crippen LogP contribution in [0, 0.1) is 0 Å². The van der Waals surface area contributed by atoms with E-state index in [4.69, 9.17) is 9.47 Å². The van der Waals surface area contributed by atoms with Crippen molar-refractivity contribution in [2.45, 2.75) is 30.9 Å². The van der Waals surface area contributed by atoms with Crippen LogP contribution in [0.5, 0.6) is 0 Å². The van der Waals surface area contributed by atoms with Crippen LogP contribution in [0.25, 0.3) is 0 Å². The first-order valence-electron chi connectivity index (χ1n) is 7.28. The Morgan fingerprint density at radius 2 is 2.40 bits per heavy atom. The lowest BCUT2D eigenvalue weighted by Crippen LogP contribution is -2.55. The fourth-order valence-electron chi connectivity index (χ4n) is 4.18. The van der Waals surface area contributed by atoms with Crippen LogP contribution in [0.2, 0.25) is 0 Å². The molecule has 0 saturated heterocycles. The molecule has 1 aliphatic carbocycles. The lowest BCUT2D eigenvalue weighted by Gasteiger charge is -2.50.